The van der Waals surface area contributed by atoms with Gasteiger partial charge in [-0.3, -0.25) is 0 Å². The van der Waals surface area contributed by atoms with Gasteiger partial charge in [-0.1, -0.05) is 57.8 Å². The minimum atomic E-state index is -0.218. The van der Waals surface area contributed by atoms with Crippen LogP contribution in [0.5, 0.6) is 11.5 Å². The molecule has 2 aromatic rings. The van der Waals surface area contributed by atoms with E-state index >= 15 is 0 Å². The zero-order valence-electron chi connectivity index (χ0n) is 18.0. The lowest BCUT2D eigenvalue weighted by atomic mass is 9.90. The van der Waals surface area contributed by atoms with Crippen LogP contribution in [0.2, 0.25) is 0 Å². The molecule has 0 amide bonds. The minimum Gasteiger partial charge on any atom is -0.488 e. The normalized spacial score (nSPS) is 14.7. The van der Waals surface area contributed by atoms with Crippen LogP contribution in [0.3, 0.4) is 0 Å². The average Bonchev–Trinajstić information content (AvgIpc) is 2.59. The molecule has 0 aliphatic rings. The van der Waals surface area contributed by atoms with Crippen LogP contribution in [0, 0.1) is 5.92 Å². The fourth-order valence-corrected chi connectivity index (χ4v) is 4.08. The average molecular weight is 514 g/mol. The second-order valence-corrected chi connectivity index (χ2v) is 11.3. The number of fused-ring (bicyclic) bond motifs is 1. The highest BCUT2D eigenvalue weighted by molar-refractivity contribution is 9.09. The molecule has 0 heterocycles. The Hall–Kier alpha value is -0.740. The lowest BCUT2D eigenvalue weighted by Crippen LogP contribution is -2.36. The molecule has 2 nitrogen and oxygen atoms in total. The van der Waals surface area contributed by atoms with E-state index in [-0.39, 0.29) is 11.2 Å². The molecule has 0 aliphatic heterocycles. The van der Waals surface area contributed by atoms with Crippen LogP contribution in [0.1, 0.15) is 60.8 Å². The molecule has 28 heavy (non-hydrogen) atoms. The number of benzene rings is 2. The third kappa shape index (κ3) is 6.95. The Kier molecular flexibility index (Phi) is 8.27. The second kappa shape index (κ2) is 9.84. The first-order chi connectivity index (χ1) is 13.0. The van der Waals surface area contributed by atoms with Crippen molar-refractivity contribution < 1.29 is 9.47 Å². The second-order valence-electron chi connectivity index (χ2n) is 8.94. The van der Waals surface area contributed by atoms with Crippen molar-refractivity contribution in [1.82, 2.24) is 0 Å². The van der Waals surface area contributed by atoms with Crippen LogP contribution in [-0.4, -0.2) is 21.4 Å². The third-order valence-corrected chi connectivity index (χ3v) is 6.35. The molecule has 156 valence electrons. The van der Waals surface area contributed by atoms with Crippen LogP contribution >= 0.6 is 31.9 Å². The van der Waals surface area contributed by atoms with Crippen LogP contribution in [0.4, 0.5) is 0 Å². The molecule has 0 aliphatic carbocycles. The molecule has 2 aromatic carbocycles. The Labute approximate surface area is 187 Å². The summed E-state index contributed by atoms with van der Waals surface area (Å²) in [6, 6.07) is 12.6. The van der Waals surface area contributed by atoms with Crippen molar-refractivity contribution in [1.29, 1.82) is 0 Å². The summed E-state index contributed by atoms with van der Waals surface area (Å²) in [5.41, 5.74) is -0.416. The van der Waals surface area contributed by atoms with Crippen LogP contribution in [-0.2, 0) is 0 Å². The van der Waals surface area contributed by atoms with Crippen molar-refractivity contribution in [2.24, 2.45) is 5.92 Å². The Morgan fingerprint density at radius 2 is 1.43 bits per heavy atom. The van der Waals surface area contributed by atoms with Gasteiger partial charge in [0, 0.05) is 10.2 Å². The zero-order chi connectivity index (χ0) is 20.9. The van der Waals surface area contributed by atoms with Crippen molar-refractivity contribution in [3.05, 3.63) is 36.4 Å². The molecule has 0 saturated heterocycles. The van der Waals surface area contributed by atoms with Crippen molar-refractivity contribution in [3.8, 4) is 11.5 Å². The van der Waals surface area contributed by atoms with Crippen LogP contribution in [0.25, 0.3) is 10.8 Å². The number of alkyl halides is 2. The van der Waals surface area contributed by atoms with Gasteiger partial charge in [-0.2, -0.15) is 0 Å². The highest BCUT2D eigenvalue weighted by Crippen LogP contribution is 2.32. The molecule has 0 saturated carbocycles. The highest BCUT2D eigenvalue weighted by Gasteiger charge is 2.27. The summed E-state index contributed by atoms with van der Waals surface area (Å²) >= 11 is 7.16. The fraction of sp³-hybridized carbons (Fsp3) is 0.583. The van der Waals surface area contributed by atoms with E-state index in [1.165, 1.54) is 5.39 Å². The molecule has 0 fully saturated rings. The van der Waals surface area contributed by atoms with Crippen molar-refractivity contribution in [2.75, 3.05) is 5.33 Å². The van der Waals surface area contributed by atoms with Gasteiger partial charge >= 0.3 is 0 Å². The molecule has 0 bridgehead atoms. The first-order valence-corrected chi connectivity index (χ1v) is 12.2. The lowest BCUT2D eigenvalue weighted by Gasteiger charge is -2.32. The van der Waals surface area contributed by atoms with E-state index in [9.17, 15) is 0 Å². The standard InChI is InChI=1S/C24H34Br2O2/c1-17(12-14-25)24(5,6)28-22-10-8-19-7-9-21(15-20(19)16-22)27-23(3,4)13-11-18(2)26/h7-10,15-18H,11-14H2,1-6H3. The molecule has 0 N–H and O–H groups in total. The van der Waals surface area contributed by atoms with E-state index < -0.39 is 0 Å². The Morgan fingerprint density at radius 3 is 1.96 bits per heavy atom. The quantitative estimate of drug-likeness (QED) is 0.298. The van der Waals surface area contributed by atoms with Gasteiger partial charge in [-0.05, 0) is 87.9 Å². The first kappa shape index (κ1) is 23.5. The van der Waals surface area contributed by atoms with Gasteiger partial charge < -0.3 is 9.47 Å². The van der Waals surface area contributed by atoms with Gasteiger partial charge in [0.1, 0.15) is 22.7 Å². The molecule has 2 rings (SSSR count). The zero-order valence-corrected chi connectivity index (χ0v) is 21.2. The lowest BCUT2D eigenvalue weighted by molar-refractivity contribution is 0.0508. The van der Waals surface area contributed by atoms with E-state index in [1.807, 2.05) is 0 Å². The number of halogens is 2. The molecular weight excluding hydrogens is 480 g/mol. The predicted octanol–water partition coefficient (Wildman–Crippen LogP) is 8.14. The largest absolute Gasteiger partial charge is 0.488 e. The number of hydrogen-bond donors (Lipinski definition) is 0. The van der Waals surface area contributed by atoms with Gasteiger partial charge in [-0.15, -0.1) is 0 Å². The smallest absolute Gasteiger partial charge is 0.120 e. The van der Waals surface area contributed by atoms with E-state index in [4.69, 9.17) is 9.47 Å². The first-order valence-electron chi connectivity index (χ1n) is 10.1. The molecule has 4 heteroatoms. The molecule has 0 aromatic heterocycles. The number of hydrogen-bond acceptors (Lipinski definition) is 2. The molecule has 2 atom stereocenters. The van der Waals surface area contributed by atoms with Crippen LogP contribution < -0.4 is 9.47 Å². The summed E-state index contributed by atoms with van der Waals surface area (Å²) in [5.74, 6) is 2.27. The summed E-state index contributed by atoms with van der Waals surface area (Å²) < 4.78 is 12.7. The highest BCUT2D eigenvalue weighted by atomic mass is 79.9. The van der Waals surface area contributed by atoms with Crippen molar-refractivity contribution >= 4 is 42.6 Å². The van der Waals surface area contributed by atoms with Gasteiger partial charge in [0.15, 0.2) is 0 Å². The van der Waals surface area contributed by atoms with E-state index in [0.717, 1.165) is 41.5 Å². The maximum absolute atomic E-state index is 6.36. The summed E-state index contributed by atoms with van der Waals surface area (Å²) in [6.07, 6.45) is 3.17. The summed E-state index contributed by atoms with van der Waals surface area (Å²) in [6.45, 7) is 13.0. The summed E-state index contributed by atoms with van der Waals surface area (Å²) in [7, 11) is 0. The van der Waals surface area contributed by atoms with Gasteiger partial charge in [0.05, 0.1) is 0 Å². The van der Waals surface area contributed by atoms with E-state index in [1.54, 1.807) is 0 Å². The Bertz CT molecular complexity index is 768. The van der Waals surface area contributed by atoms with Gasteiger partial charge in [0.25, 0.3) is 0 Å². The van der Waals surface area contributed by atoms with Crippen molar-refractivity contribution in [2.45, 2.75) is 76.8 Å². The van der Waals surface area contributed by atoms with Gasteiger partial charge in [-0.25, -0.2) is 0 Å². The molecule has 0 radical (unpaired) electrons. The molecule has 2 unspecified atom stereocenters. The van der Waals surface area contributed by atoms with Crippen LogP contribution in [0.15, 0.2) is 36.4 Å². The van der Waals surface area contributed by atoms with E-state index in [2.05, 4.69) is 110 Å². The third-order valence-electron chi connectivity index (χ3n) is 5.43. The van der Waals surface area contributed by atoms with E-state index in [0.29, 0.717) is 10.7 Å². The maximum Gasteiger partial charge on any atom is 0.120 e. The fourth-order valence-electron chi connectivity index (χ4n) is 3.16. The molecular formula is C24H34Br2O2. The monoisotopic (exact) mass is 512 g/mol. The predicted molar refractivity (Wildman–Crippen MR) is 129 cm³/mol. The van der Waals surface area contributed by atoms with Gasteiger partial charge in [0.2, 0.25) is 0 Å². The number of ether oxygens (including phenoxy) is 2. The summed E-state index contributed by atoms with van der Waals surface area (Å²) in [4.78, 5) is 0.502. The topological polar surface area (TPSA) is 18.5 Å². The number of rotatable bonds is 10. The Balaban J connectivity index is 2.18. The minimum absolute atomic E-state index is 0.198. The molecule has 0 spiro atoms. The van der Waals surface area contributed by atoms with Crippen molar-refractivity contribution in [3.63, 3.8) is 0 Å². The summed E-state index contributed by atoms with van der Waals surface area (Å²) in [5, 5.41) is 3.32. The SMILES string of the molecule is CC(Br)CCC(C)(C)Oc1ccc2ccc(OC(C)(C)C(C)CCBr)cc2c1. The maximum atomic E-state index is 6.36. The Morgan fingerprint density at radius 1 is 0.857 bits per heavy atom.